The molecular formula is C13H9ClN4O. The number of benzene rings is 1. The minimum Gasteiger partial charge on any atom is -0.351 e. The molecule has 1 amide bonds. The molecule has 0 saturated carbocycles. The molecule has 19 heavy (non-hydrogen) atoms. The number of carbonyl (C=O) groups is 1. The third-order valence-corrected chi connectivity index (χ3v) is 2.85. The second kappa shape index (κ2) is 4.70. The van der Waals surface area contributed by atoms with Gasteiger partial charge in [0.05, 0.1) is 18.1 Å². The van der Waals surface area contributed by atoms with Crippen LogP contribution in [0.5, 0.6) is 0 Å². The van der Waals surface area contributed by atoms with Gasteiger partial charge in [-0.3, -0.25) is 4.79 Å². The Morgan fingerprint density at radius 1 is 1.21 bits per heavy atom. The first-order valence-electron chi connectivity index (χ1n) is 5.59. The van der Waals surface area contributed by atoms with Gasteiger partial charge in [-0.05, 0) is 23.7 Å². The highest BCUT2D eigenvalue weighted by atomic mass is 35.5. The van der Waals surface area contributed by atoms with E-state index in [1.807, 2.05) is 24.3 Å². The van der Waals surface area contributed by atoms with Gasteiger partial charge in [-0.15, -0.1) is 0 Å². The Morgan fingerprint density at radius 2 is 1.95 bits per heavy atom. The predicted octanol–water partition coefficient (Wildman–Crippen LogP) is 2.86. The quantitative estimate of drug-likeness (QED) is 0.705. The van der Waals surface area contributed by atoms with Crippen LogP contribution in [-0.2, 0) is 0 Å². The maximum absolute atomic E-state index is 12.0. The van der Waals surface area contributed by atoms with E-state index in [1.165, 1.54) is 12.4 Å². The van der Waals surface area contributed by atoms with E-state index >= 15 is 0 Å². The average Bonchev–Trinajstić information content (AvgIpc) is 2.85. The first-order valence-corrected chi connectivity index (χ1v) is 5.97. The molecule has 2 aromatic heterocycles. The van der Waals surface area contributed by atoms with Crippen LogP contribution in [0.4, 0.5) is 5.69 Å². The Bertz CT molecular complexity index is 703. The number of nitrogens with one attached hydrogen (secondary N) is 2. The number of hydrogen-bond acceptors (Lipinski definition) is 3. The van der Waals surface area contributed by atoms with Crippen molar-refractivity contribution in [3.05, 3.63) is 53.7 Å². The van der Waals surface area contributed by atoms with E-state index in [1.54, 1.807) is 6.07 Å². The number of amides is 1. The lowest BCUT2D eigenvalue weighted by molar-refractivity contribution is 0.102. The molecule has 6 heteroatoms. The van der Waals surface area contributed by atoms with Crippen molar-refractivity contribution in [2.24, 2.45) is 0 Å². The molecule has 0 aliphatic carbocycles. The molecule has 2 N–H and O–H groups in total. The van der Waals surface area contributed by atoms with Crippen LogP contribution in [0, 0.1) is 0 Å². The average molecular weight is 273 g/mol. The van der Waals surface area contributed by atoms with Crippen LogP contribution in [0.25, 0.3) is 10.9 Å². The highest BCUT2D eigenvalue weighted by molar-refractivity contribution is 6.28. The zero-order valence-electron chi connectivity index (χ0n) is 9.72. The Morgan fingerprint density at radius 3 is 2.68 bits per heavy atom. The van der Waals surface area contributed by atoms with Gasteiger partial charge in [0.15, 0.2) is 0 Å². The smallest absolute Gasteiger partial charge is 0.272 e. The second-order valence-electron chi connectivity index (χ2n) is 3.97. The number of aromatic amines is 1. The standard InChI is InChI=1S/C13H9ClN4O/c14-13-15-6-9(7-16-13)17-12(19)11-5-8-3-1-2-4-10(8)18-11/h1-7,18H,(H,17,19). The fourth-order valence-electron chi connectivity index (χ4n) is 1.77. The molecule has 0 fully saturated rings. The number of nitrogens with zero attached hydrogens (tertiary/aromatic N) is 2. The Labute approximate surface area is 113 Å². The van der Waals surface area contributed by atoms with Gasteiger partial charge in [-0.25, -0.2) is 9.97 Å². The van der Waals surface area contributed by atoms with Crippen LogP contribution in [-0.4, -0.2) is 20.9 Å². The summed E-state index contributed by atoms with van der Waals surface area (Å²) < 4.78 is 0. The van der Waals surface area contributed by atoms with Crippen LogP contribution in [0.2, 0.25) is 5.28 Å². The number of H-pyrrole nitrogens is 1. The van der Waals surface area contributed by atoms with Crippen LogP contribution >= 0.6 is 11.6 Å². The summed E-state index contributed by atoms with van der Waals surface area (Å²) in [6.07, 6.45) is 2.91. The Kier molecular flexibility index (Phi) is 2.89. The van der Waals surface area contributed by atoms with Crippen molar-refractivity contribution < 1.29 is 4.79 Å². The second-order valence-corrected chi connectivity index (χ2v) is 4.30. The molecule has 0 atom stereocenters. The van der Waals surface area contributed by atoms with E-state index in [4.69, 9.17) is 11.6 Å². The number of anilines is 1. The van der Waals surface area contributed by atoms with Crippen molar-refractivity contribution in [2.75, 3.05) is 5.32 Å². The van der Waals surface area contributed by atoms with Crippen molar-refractivity contribution in [1.82, 2.24) is 15.0 Å². The first-order chi connectivity index (χ1) is 9.22. The summed E-state index contributed by atoms with van der Waals surface area (Å²) in [5.74, 6) is -0.248. The fourth-order valence-corrected chi connectivity index (χ4v) is 1.87. The van der Waals surface area contributed by atoms with Crippen molar-refractivity contribution in [3.8, 4) is 0 Å². The van der Waals surface area contributed by atoms with Gasteiger partial charge < -0.3 is 10.3 Å². The molecule has 0 bridgehead atoms. The molecule has 3 rings (SSSR count). The molecule has 0 aliphatic rings. The molecule has 0 unspecified atom stereocenters. The topological polar surface area (TPSA) is 70.7 Å². The van der Waals surface area contributed by atoms with Gasteiger partial charge in [0.25, 0.3) is 5.91 Å². The number of halogens is 1. The number of hydrogen-bond donors (Lipinski definition) is 2. The van der Waals surface area contributed by atoms with E-state index < -0.39 is 0 Å². The third-order valence-electron chi connectivity index (χ3n) is 2.65. The molecule has 2 heterocycles. The molecule has 0 radical (unpaired) electrons. The molecule has 0 aliphatic heterocycles. The number of fused-ring (bicyclic) bond motifs is 1. The van der Waals surface area contributed by atoms with Crippen LogP contribution < -0.4 is 5.32 Å². The monoisotopic (exact) mass is 272 g/mol. The SMILES string of the molecule is O=C(Nc1cnc(Cl)nc1)c1cc2ccccc2[nH]1. The van der Waals surface area contributed by atoms with Gasteiger partial charge in [0, 0.05) is 10.9 Å². The number of para-hydroxylation sites is 1. The van der Waals surface area contributed by atoms with Crippen LogP contribution in [0.15, 0.2) is 42.7 Å². The lowest BCUT2D eigenvalue weighted by atomic mass is 10.2. The normalized spacial score (nSPS) is 10.6. The van der Waals surface area contributed by atoms with E-state index in [0.29, 0.717) is 11.4 Å². The van der Waals surface area contributed by atoms with Crippen LogP contribution in [0.3, 0.4) is 0 Å². The number of aromatic nitrogens is 3. The number of carbonyl (C=O) groups excluding carboxylic acids is 1. The van der Waals surface area contributed by atoms with Gasteiger partial charge in [0.2, 0.25) is 5.28 Å². The summed E-state index contributed by atoms with van der Waals surface area (Å²) in [6.45, 7) is 0. The van der Waals surface area contributed by atoms with E-state index in [2.05, 4.69) is 20.3 Å². The summed E-state index contributed by atoms with van der Waals surface area (Å²) in [5.41, 5.74) is 1.89. The largest absolute Gasteiger partial charge is 0.351 e. The van der Waals surface area contributed by atoms with Gasteiger partial charge in [-0.2, -0.15) is 0 Å². The van der Waals surface area contributed by atoms with Crippen molar-refractivity contribution in [2.45, 2.75) is 0 Å². The summed E-state index contributed by atoms with van der Waals surface area (Å²) in [7, 11) is 0. The third kappa shape index (κ3) is 2.41. The van der Waals surface area contributed by atoms with Gasteiger partial charge in [0.1, 0.15) is 5.69 Å². The zero-order valence-corrected chi connectivity index (χ0v) is 10.5. The van der Waals surface area contributed by atoms with Crippen LogP contribution in [0.1, 0.15) is 10.5 Å². The minimum absolute atomic E-state index is 0.142. The minimum atomic E-state index is -0.248. The summed E-state index contributed by atoms with van der Waals surface area (Å²) in [6, 6.07) is 9.48. The molecule has 0 saturated heterocycles. The molecule has 94 valence electrons. The molecule has 3 aromatic rings. The van der Waals surface area contributed by atoms with E-state index in [9.17, 15) is 4.79 Å². The maximum Gasteiger partial charge on any atom is 0.272 e. The Hall–Kier alpha value is -2.40. The summed E-state index contributed by atoms with van der Waals surface area (Å²) in [4.78, 5) is 22.7. The van der Waals surface area contributed by atoms with Gasteiger partial charge >= 0.3 is 0 Å². The maximum atomic E-state index is 12.0. The summed E-state index contributed by atoms with van der Waals surface area (Å²) in [5, 5.41) is 3.82. The summed E-state index contributed by atoms with van der Waals surface area (Å²) >= 11 is 5.58. The van der Waals surface area contributed by atoms with Crippen molar-refractivity contribution >= 4 is 34.1 Å². The molecule has 1 aromatic carbocycles. The number of rotatable bonds is 2. The Balaban J connectivity index is 1.85. The highest BCUT2D eigenvalue weighted by Gasteiger charge is 2.09. The van der Waals surface area contributed by atoms with Gasteiger partial charge in [-0.1, -0.05) is 18.2 Å². The lowest BCUT2D eigenvalue weighted by Crippen LogP contribution is -2.12. The molecule has 0 spiro atoms. The molecule has 5 nitrogen and oxygen atoms in total. The van der Waals surface area contributed by atoms with Crippen molar-refractivity contribution in [3.63, 3.8) is 0 Å². The zero-order chi connectivity index (χ0) is 13.2. The highest BCUT2D eigenvalue weighted by Crippen LogP contribution is 2.16. The van der Waals surface area contributed by atoms with Crippen molar-refractivity contribution in [1.29, 1.82) is 0 Å². The first kappa shape index (κ1) is 11.7. The van der Waals surface area contributed by atoms with E-state index in [0.717, 1.165) is 10.9 Å². The predicted molar refractivity (Wildman–Crippen MR) is 73.3 cm³/mol. The lowest BCUT2D eigenvalue weighted by Gasteiger charge is -2.01. The van der Waals surface area contributed by atoms with E-state index in [-0.39, 0.29) is 11.2 Å². The fraction of sp³-hybridized carbons (Fsp3) is 0. The molecular weight excluding hydrogens is 264 g/mol.